The summed E-state index contributed by atoms with van der Waals surface area (Å²) in [6.07, 6.45) is 18.8. The molecular weight excluding hydrogens is 399 g/mol. The van der Waals surface area contributed by atoms with Gasteiger partial charge in [0.15, 0.2) is 0 Å². The van der Waals surface area contributed by atoms with Gasteiger partial charge in [-0.2, -0.15) is 0 Å². The van der Waals surface area contributed by atoms with Crippen molar-refractivity contribution in [2.24, 2.45) is 0 Å². The molecule has 0 aliphatic heterocycles. The number of hydrogen-bond acceptors (Lipinski definition) is 4. The van der Waals surface area contributed by atoms with E-state index in [0.717, 1.165) is 57.8 Å². The summed E-state index contributed by atoms with van der Waals surface area (Å²) in [5, 5.41) is 8.83. The predicted molar refractivity (Wildman–Crippen MR) is 114 cm³/mol. The molecule has 0 amide bonds. The molecule has 6 heteroatoms. The standard InChI is InChI=1S/C22H46O4S.K/c1-3-5-15-19-22(27(24,25)26)20-17-14-12-10-8-6-7-9-11-13-16-18-21(23)4-2;/h21-23H,3-20H2,1-2H3,(H,24,25,26);/q;+1/p-1. The second-order valence-electron chi connectivity index (χ2n) is 8.14. The summed E-state index contributed by atoms with van der Waals surface area (Å²) in [6.45, 7) is 4.11. The van der Waals surface area contributed by atoms with E-state index in [9.17, 15) is 18.1 Å². The number of aliphatic hydroxyl groups is 1. The monoisotopic (exact) mass is 444 g/mol. The molecule has 0 saturated heterocycles. The minimum absolute atomic E-state index is 0. The molecule has 0 aromatic carbocycles. The van der Waals surface area contributed by atoms with Crippen LogP contribution >= 0.6 is 0 Å². The van der Waals surface area contributed by atoms with E-state index in [2.05, 4.69) is 6.92 Å². The second-order valence-corrected chi connectivity index (χ2v) is 9.79. The van der Waals surface area contributed by atoms with Crippen molar-refractivity contribution >= 4 is 10.1 Å². The van der Waals surface area contributed by atoms with Crippen molar-refractivity contribution in [3.8, 4) is 0 Å². The molecule has 0 saturated carbocycles. The van der Waals surface area contributed by atoms with Crippen molar-refractivity contribution in [1.82, 2.24) is 0 Å². The maximum Gasteiger partial charge on any atom is 1.00 e. The van der Waals surface area contributed by atoms with E-state index in [1.807, 2.05) is 6.92 Å². The van der Waals surface area contributed by atoms with Crippen LogP contribution in [-0.4, -0.2) is 29.4 Å². The first-order chi connectivity index (χ1) is 12.9. The van der Waals surface area contributed by atoms with Crippen LogP contribution in [0.5, 0.6) is 0 Å². The molecule has 0 heterocycles. The molecule has 28 heavy (non-hydrogen) atoms. The third kappa shape index (κ3) is 20.8. The molecule has 164 valence electrons. The summed E-state index contributed by atoms with van der Waals surface area (Å²) in [7, 11) is -4.13. The van der Waals surface area contributed by atoms with Gasteiger partial charge < -0.3 is 9.66 Å². The van der Waals surface area contributed by atoms with E-state index in [-0.39, 0.29) is 57.5 Å². The van der Waals surface area contributed by atoms with Crippen molar-refractivity contribution in [3.05, 3.63) is 0 Å². The van der Waals surface area contributed by atoms with Gasteiger partial charge in [0.25, 0.3) is 0 Å². The normalized spacial score (nSPS) is 13.9. The molecule has 0 spiro atoms. The summed E-state index contributed by atoms with van der Waals surface area (Å²) < 4.78 is 34.0. The minimum Gasteiger partial charge on any atom is -0.748 e. The minimum atomic E-state index is -4.13. The van der Waals surface area contributed by atoms with Crippen molar-refractivity contribution in [2.75, 3.05) is 0 Å². The van der Waals surface area contributed by atoms with E-state index in [0.29, 0.717) is 12.8 Å². The van der Waals surface area contributed by atoms with Crippen LogP contribution in [0.4, 0.5) is 0 Å². The van der Waals surface area contributed by atoms with Crippen LogP contribution in [0, 0.1) is 0 Å². The first kappa shape index (κ1) is 31.7. The summed E-state index contributed by atoms with van der Waals surface area (Å²) in [6, 6.07) is 0. The van der Waals surface area contributed by atoms with Gasteiger partial charge in [-0.05, 0) is 25.7 Å². The molecule has 0 aromatic heterocycles. The quantitative estimate of drug-likeness (QED) is 0.177. The Morgan fingerprint density at radius 3 is 1.39 bits per heavy atom. The van der Waals surface area contributed by atoms with E-state index in [1.54, 1.807) is 0 Å². The fraction of sp³-hybridized carbons (Fsp3) is 1.00. The Morgan fingerprint density at radius 2 is 1.04 bits per heavy atom. The van der Waals surface area contributed by atoms with Gasteiger partial charge in [-0.25, -0.2) is 8.42 Å². The van der Waals surface area contributed by atoms with E-state index < -0.39 is 15.4 Å². The van der Waals surface area contributed by atoms with Crippen LogP contribution in [-0.2, 0) is 10.1 Å². The molecule has 2 unspecified atom stereocenters. The van der Waals surface area contributed by atoms with Gasteiger partial charge in [0.05, 0.1) is 16.2 Å². The third-order valence-corrected chi connectivity index (χ3v) is 6.86. The number of aliphatic hydroxyl groups excluding tert-OH is 1. The number of unbranched alkanes of at least 4 members (excludes halogenated alkanes) is 12. The van der Waals surface area contributed by atoms with Gasteiger partial charge in [-0.15, -0.1) is 0 Å². The maximum atomic E-state index is 11.3. The zero-order valence-corrected chi connectivity index (χ0v) is 22.9. The van der Waals surface area contributed by atoms with Crippen molar-refractivity contribution in [3.63, 3.8) is 0 Å². The molecule has 0 fully saturated rings. The molecular formula is C22H45KO4S. The third-order valence-electron chi connectivity index (χ3n) is 5.57. The Morgan fingerprint density at radius 1 is 0.679 bits per heavy atom. The predicted octanol–water partition coefficient (Wildman–Crippen LogP) is 3.33. The van der Waals surface area contributed by atoms with Crippen molar-refractivity contribution in [2.45, 2.75) is 141 Å². The number of hydrogen-bond donors (Lipinski definition) is 1. The average Bonchev–Trinajstić information content (AvgIpc) is 2.62. The topological polar surface area (TPSA) is 77.4 Å². The van der Waals surface area contributed by atoms with Crippen LogP contribution in [0.1, 0.15) is 129 Å². The summed E-state index contributed by atoms with van der Waals surface area (Å²) in [4.78, 5) is 0. The van der Waals surface area contributed by atoms with E-state index >= 15 is 0 Å². The Bertz CT molecular complexity index is 415. The Kier molecular flexibility index (Phi) is 24.6. The summed E-state index contributed by atoms with van der Waals surface area (Å²) in [5.41, 5.74) is 0. The van der Waals surface area contributed by atoms with Gasteiger partial charge in [-0.3, -0.25) is 0 Å². The molecule has 4 nitrogen and oxygen atoms in total. The Labute approximate surface area is 218 Å². The summed E-state index contributed by atoms with van der Waals surface area (Å²) in [5.74, 6) is 0. The molecule has 0 aliphatic rings. The smallest absolute Gasteiger partial charge is 0.748 e. The first-order valence-electron chi connectivity index (χ1n) is 11.5. The molecule has 0 rings (SSSR count). The van der Waals surface area contributed by atoms with Gasteiger partial charge in [0.1, 0.15) is 0 Å². The molecule has 0 aromatic rings. The van der Waals surface area contributed by atoms with Crippen LogP contribution in [0.2, 0.25) is 0 Å². The van der Waals surface area contributed by atoms with Crippen LogP contribution in [0.3, 0.4) is 0 Å². The van der Waals surface area contributed by atoms with Crippen LogP contribution in [0.25, 0.3) is 0 Å². The molecule has 0 aliphatic carbocycles. The fourth-order valence-electron chi connectivity index (χ4n) is 3.60. The van der Waals surface area contributed by atoms with E-state index in [1.165, 1.54) is 44.9 Å². The molecule has 0 radical (unpaired) electrons. The average molecular weight is 445 g/mol. The zero-order valence-electron chi connectivity index (χ0n) is 19.0. The molecule has 0 bridgehead atoms. The van der Waals surface area contributed by atoms with Gasteiger partial charge in [0, 0.05) is 5.25 Å². The van der Waals surface area contributed by atoms with E-state index in [4.69, 9.17) is 0 Å². The second kappa shape index (κ2) is 21.7. The SMILES string of the molecule is CCCCCC(CCCCCCCCCCCCCC(O)CC)S(=O)(=O)[O-].[K+]. The number of rotatable bonds is 20. The molecule has 1 N–H and O–H groups in total. The van der Waals surface area contributed by atoms with Crippen LogP contribution < -0.4 is 51.4 Å². The maximum absolute atomic E-state index is 11.3. The first-order valence-corrected chi connectivity index (χ1v) is 13.0. The molecule has 2 atom stereocenters. The largest absolute Gasteiger partial charge is 1.00 e. The van der Waals surface area contributed by atoms with Crippen LogP contribution in [0.15, 0.2) is 0 Å². The Hall–Kier alpha value is 1.51. The van der Waals surface area contributed by atoms with Gasteiger partial charge in [-0.1, -0.05) is 104 Å². The summed E-state index contributed by atoms with van der Waals surface area (Å²) >= 11 is 0. The van der Waals surface area contributed by atoms with Gasteiger partial charge >= 0.3 is 51.4 Å². The zero-order chi connectivity index (χ0) is 20.4. The Balaban J connectivity index is 0. The van der Waals surface area contributed by atoms with Gasteiger partial charge in [0.2, 0.25) is 0 Å². The fourth-order valence-corrected chi connectivity index (χ4v) is 4.51. The van der Waals surface area contributed by atoms with Crippen molar-refractivity contribution < 1.29 is 69.5 Å². The van der Waals surface area contributed by atoms with Crippen molar-refractivity contribution in [1.29, 1.82) is 0 Å².